The third-order valence-electron chi connectivity index (χ3n) is 4.16. The van der Waals surface area contributed by atoms with Gasteiger partial charge in [-0.25, -0.2) is 0 Å². The van der Waals surface area contributed by atoms with Crippen LogP contribution in [0.25, 0.3) is 0 Å². The van der Waals surface area contributed by atoms with Gasteiger partial charge < -0.3 is 14.8 Å². The van der Waals surface area contributed by atoms with Crippen LogP contribution in [0.1, 0.15) is 36.9 Å². The fourth-order valence-corrected chi connectivity index (χ4v) is 3.21. The molecule has 0 aromatic heterocycles. The molecule has 0 radical (unpaired) electrons. The number of hydrogen-bond acceptors (Lipinski definition) is 3. The van der Waals surface area contributed by atoms with Crippen molar-refractivity contribution in [3.8, 4) is 5.75 Å². The summed E-state index contributed by atoms with van der Waals surface area (Å²) < 4.78 is 11.3. The first-order valence-corrected chi connectivity index (χ1v) is 7.45. The number of nitrogens with one attached hydrogen (secondary N) is 1. The standard InChI is InChI=1S/C16H23NO2/c1-2-17-16(14-4-3-8-18-11-14)13-5-6-15-12(10-13)7-9-19-15/h5-6,10,14,16-17H,2-4,7-9,11H2,1H3. The largest absolute Gasteiger partial charge is 0.493 e. The van der Waals surface area contributed by atoms with Crippen LogP contribution in [0.3, 0.4) is 0 Å². The fraction of sp³-hybridized carbons (Fsp3) is 0.625. The normalized spacial score (nSPS) is 23.7. The molecule has 0 bridgehead atoms. The van der Waals surface area contributed by atoms with Gasteiger partial charge in [0.25, 0.3) is 0 Å². The smallest absolute Gasteiger partial charge is 0.122 e. The Balaban J connectivity index is 1.82. The van der Waals surface area contributed by atoms with Gasteiger partial charge in [0.15, 0.2) is 0 Å². The van der Waals surface area contributed by atoms with E-state index in [2.05, 4.69) is 30.4 Å². The SMILES string of the molecule is CCNC(c1ccc2c(c1)CCO2)C1CCCOC1. The Bertz CT molecular complexity index is 427. The summed E-state index contributed by atoms with van der Waals surface area (Å²) >= 11 is 0. The van der Waals surface area contributed by atoms with Crippen molar-refractivity contribution < 1.29 is 9.47 Å². The first-order chi connectivity index (χ1) is 9.38. The van der Waals surface area contributed by atoms with Gasteiger partial charge in [-0.05, 0) is 36.6 Å². The minimum Gasteiger partial charge on any atom is -0.493 e. The quantitative estimate of drug-likeness (QED) is 0.904. The molecule has 0 saturated carbocycles. The third-order valence-corrected chi connectivity index (χ3v) is 4.16. The van der Waals surface area contributed by atoms with E-state index in [1.807, 2.05) is 0 Å². The highest BCUT2D eigenvalue weighted by Crippen LogP contribution is 2.33. The van der Waals surface area contributed by atoms with Crippen molar-refractivity contribution >= 4 is 0 Å². The molecule has 2 unspecified atom stereocenters. The lowest BCUT2D eigenvalue weighted by Crippen LogP contribution is -2.33. The molecule has 3 heteroatoms. The average Bonchev–Trinajstić information content (AvgIpc) is 2.93. The van der Waals surface area contributed by atoms with E-state index in [4.69, 9.17) is 9.47 Å². The predicted octanol–water partition coefficient (Wildman–Crippen LogP) is 2.70. The number of fused-ring (bicyclic) bond motifs is 1. The van der Waals surface area contributed by atoms with Crippen LogP contribution in [-0.4, -0.2) is 26.4 Å². The molecular weight excluding hydrogens is 238 g/mol. The summed E-state index contributed by atoms with van der Waals surface area (Å²) in [5, 5.41) is 3.64. The van der Waals surface area contributed by atoms with E-state index in [9.17, 15) is 0 Å². The summed E-state index contributed by atoms with van der Waals surface area (Å²) in [5.41, 5.74) is 2.75. The Labute approximate surface area is 115 Å². The van der Waals surface area contributed by atoms with Crippen molar-refractivity contribution in [3.63, 3.8) is 0 Å². The second kappa shape index (κ2) is 5.93. The van der Waals surface area contributed by atoms with E-state index in [0.717, 1.165) is 38.5 Å². The van der Waals surface area contributed by atoms with Gasteiger partial charge in [0.1, 0.15) is 5.75 Å². The van der Waals surface area contributed by atoms with Crippen LogP contribution >= 0.6 is 0 Å². The maximum atomic E-state index is 5.66. The molecule has 0 aliphatic carbocycles. The monoisotopic (exact) mass is 261 g/mol. The Hall–Kier alpha value is -1.06. The lowest BCUT2D eigenvalue weighted by atomic mass is 9.88. The van der Waals surface area contributed by atoms with Gasteiger partial charge in [-0.1, -0.05) is 19.1 Å². The maximum Gasteiger partial charge on any atom is 0.122 e. The van der Waals surface area contributed by atoms with Gasteiger partial charge in [0.05, 0.1) is 13.2 Å². The highest BCUT2D eigenvalue weighted by molar-refractivity contribution is 5.41. The highest BCUT2D eigenvalue weighted by atomic mass is 16.5. The summed E-state index contributed by atoms with van der Waals surface area (Å²) in [6.07, 6.45) is 3.48. The summed E-state index contributed by atoms with van der Waals surface area (Å²) in [5.74, 6) is 1.66. The second-order valence-corrected chi connectivity index (χ2v) is 5.48. The molecular formula is C16H23NO2. The molecule has 104 valence electrons. The van der Waals surface area contributed by atoms with Crippen molar-refractivity contribution in [1.29, 1.82) is 0 Å². The van der Waals surface area contributed by atoms with Crippen molar-refractivity contribution in [2.24, 2.45) is 5.92 Å². The minimum atomic E-state index is 0.413. The number of ether oxygens (including phenoxy) is 2. The lowest BCUT2D eigenvalue weighted by Gasteiger charge is -2.31. The number of benzene rings is 1. The van der Waals surface area contributed by atoms with Crippen molar-refractivity contribution in [2.75, 3.05) is 26.4 Å². The van der Waals surface area contributed by atoms with Crippen LogP contribution in [0.4, 0.5) is 0 Å². The third kappa shape index (κ3) is 2.77. The zero-order valence-electron chi connectivity index (χ0n) is 11.7. The van der Waals surface area contributed by atoms with Gasteiger partial charge in [0.2, 0.25) is 0 Å². The summed E-state index contributed by atoms with van der Waals surface area (Å²) in [7, 11) is 0. The fourth-order valence-electron chi connectivity index (χ4n) is 3.21. The van der Waals surface area contributed by atoms with Gasteiger partial charge >= 0.3 is 0 Å². The lowest BCUT2D eigenvalue weighted by molar-refractivity contribution is 0.0392. The molecule has 1 N–H and O–H groups in total. The van der Waals surface area contributed by atoms with Gasteiger partial charge in [0, 0.05) is 25.0 Å². The van der Waals surface area contributed by atoms with Crippen LogP contribution in [0.5, 0.6) is 5.75 Å². The average molecular weight is 261 g/mol. The highest BCUT2D eigenvalue weighted by Gasteiger charge is 2.26. The zero-order valence-corrected chi connectivity index (χ0v) is 11.7. The van der Waals surface area contributed by atoms with Crippen LogP contribution in [0.15, 0.2) is 18.2 Å². The number of rotatable bonds is 4. The van der Waals surface area contributed by atoms with Crippen LogP contribution < -0.4 is 10.1 Å². The molecule has 2 aliphatic rings. The minimum absolute atomic E-state index is 0.413. The second-order valence-electron chi connectivity index (χ2n) is 5.48. The van der Waals surface area contributed by atoms with E-state index in [0.29, 0.717) is 12.0 Å². The summed E-state index contributed by atoms with van der Waals surface area (Å²) in [6, 6.07) is 7.08. The first-order valence-electron chi connectivity index (χ1n) is 7.45. The van der Waals surface area contributed by atoms with E-state index in [1.54, 1.807) is 0 Å². The molecule has 2 atom stereocenters. The molecule has 0 spiro atoms. The Kier molecular flexibility index (Phi) is 4.04. The molecule has 2 heterocycles. The molecule has 1 aromatic rings. The molecule has 3 nitrogen and oxygen atoms in total. The molecule has 19 heavy (non-hydrogen) atoms. The van der Waals surface area contributed by atoms with Gasteiger partial charge in [-0.2, -0.15) is 0 Å². The van der Waals surface area contributed by atoms with E-state index in [1.165, 1.54) is 24.0 Å². The van der Waals surface area contributed by atoms with Crippen LogP contribution in [-0.2, 0) is 11.2 Å². The van der Waals surface area contributed by atoms with Crippen molar-refractivity contribution in [2.45, 2.75) is 32.2 Å². The Morgan fingerprint density at radius 3 is 3.11 bits per heavy atom. The van der Waals surface area contributed by atoms with Crippen molar-refractivity contribution in [3.05, 3.63) is 29.3 Å². The molecule has 0 amide bonds. The van der Waals surface area contributed by atoms with Crippen LogP contribution in [0, 0.1) is 5.92 Å². The topological polar surface area (TPSA) is 30.5 Å². The molecule has 2 aliphatic heterocycles. The predicted molar refractivity (Wildman–Crippen MR) is 75.6 cm³/mol. The molecule has 3 rings (SSSR count). The van der Waals surface area contributed by atoms with Gasteiger partial charge in [-0.15, -0.1) is 0 Å². The summed E-state index contributed by atoms with van der Waals surface area (Å²) in [4.78, 5) is 0. The van der Waals surface area contributed by atoms with Crippen LogP contribution in [0.2, 0.25) is 0 Å². The van der Waals surface area contributed by atoms with Gasteiger partial charge in [-0.3, -0.25) is 0 Å². The number of hydrogen-bond donors (Lipinski definition) is 1. The molecule has 1 saturated heterocycles. The zero-order chi connectivity index (χ0) is 13.1. The van der Waals surface area contributed by atoms with E-state index >= 15 is 0 Å². The first kappa shape index (κ1) is 12.9. The van der Waals surface area contributed by atoms with Crippen molar-refractivity contribution in [1.82, 2.24) is 5.32 Å². The molecule has 1 aromatic carbocycles. The van der Waals surface area contributed by atoms with E-state index < -0.39 is 0 Å². The molecule has 1 fully saturated rings. The Morgan fingerprint density at radius 1 is 1.37 bits per heavy atom. The Morgan fingerprint density at radius 2 is 2.32 bits per heavy atom. The summed E-state index contributed by atoms with van der Waals surface area (Å²) in [6.45, 7) is 5.80. The van der Waals surface area contributed by atoms with E-state index in [-0.39, 0.29) is 0 Å². The maximum absolute atomic E-state index is 5.66.